The molecule has 0 aliphatic carbocycles. The average molecular weight is 711 g/mol. The van der Waals surface area contributed by atoms with E-state index in [-0.39, 0.29) is 24.8 Å². The highest BCUT2D eigenvalue weighted by atomic mass is 16.5. The fourth-order valence-electron chi connectivity index (χ4n) is 7.10. The van der Waals surface area contributed by atoms with Crippen molar-refractivity contribution in [2.75, 3.05) is 14.2 Å². The minimum Gasteiger partial charge on any atom is -0.469 e. The lowest BCUT2D eigenvalue weighted by molar-refractivity contribution is -0.146. The Morgan fingerprint density at radius 2 is 0.981 bits per heavy atom. The van der Waals surface area contributed by atoms with Crippen LogP contribution in [0.4, 0.5) is 0 Å². The molecule has 0 aromatic carbocycles. The van der Waals surface area contributed by atoms with Crippen LogP contribution in [0.15, 0.2) is 24.3 Å². The zero-order chi connectivity index (χ0) is 38.0. The number of nitrogens with zero attached hydrogens (tertiary/aromatic N) is 2. The largest absolute Gasteiger partial charge is 0.469 e. The number of carbonyl (C=O) groups excluding carboxylic acids is 4. The van der Waals surface area contributed by atoms with Crippen LogP contribution in [0.3, 0.4) is 0 Å². The molecule has 0 saturated carbocycles. The molecule has 3 aromatic heterocycles. The van der Waals surface area contributed by atoms with Crippen molar-refractivity contribution in [3.63, 3.8) is 0 Å². The van der Waals surface area contributed by atoms with Gasteiger partial charge in [-0.25, -0.2) is 9.97 Å². The maximum atomic E-state index is 12.3. The first-order chi connectivity index (χ1) is 24.6. The number of allylic oxidation sites excluding steroid dienone is 4. The second-order valence-electron chi connectivity index (χ2n) is 13.2. The summed E-state index contributed by atoms with van der Waals surface area (Å²) in [5, 5.41) is 0. The number of aromatic nitrogens is 4. The maximum absolute atomic E-state index is 12.3. The van der Waals surface area contributed by atoms with Crippen molar-refractivity contribution in [3.8, 4) is 0 Å². The predicted octanol–water partition coefficient (Wildman–Crippen LogP) is 7.95. The summed E-state index contributed by atoms with van der Waals surface area (Å²) in [6, 6.07) is 7.75. The van der Waals surface area contributed by atoms with E-state index >= 15 is 0 Å². The Labute approximate surface area is 302 Å². The summed E-state index contributed by atoms with van der Waals surface area (Å²) in [4.78, 5) is 66.1. The van der Waals surface area contributed by atoms with E-state index in [4.69, 9.17) is 28.9 Å². The smallest absolute Gasteiger partial charge is 0.305 e. The molecule has 0 spiro atoms. The van der Waals surface area contributed by atoms with Gasteiger partial charge in [-0.05, 0) is 112 Å². The molecule has 2 unspecified atom stereocenters. The highest BCUT2D eigenvalue weighted by Crippen LogP contribution is 2.39. The molecule has 12 nitrogen and oxygen atoms in total. The maximum Gasteiger partial charge on any atom is 0.305 e. The minimum absolute atomic E-state index is 0.156. The Balaban J connectivity index is 1.93. The van der Waals surface area contributed by atoms with Gasteiger partial charge in [0, 0.05) is 59.9 Å². The van der Waals surface area contributed by atoms with E-state index in [0.29, 0.717) is 41.1 Å². The van der Waals surface area contributed by atoms with Gasteiger partial charge in [0.05, 0.1) is 37.0 Å². The van der Waals surface area contributed by atoms with Gasteiger partial charge in [0.25, 0.3) is 0 Å². The van der Waals surface area contributed by atoms with Gasteiger partial charge in [0.15, 0.2) is 0 Å². The predicted molar refractivity (Wildman–Crippen MR) is 198 cm³/mol. The summed E-state index contributed by atoms with van der Waals surface area (Å²) in [5.74, 6) is -1.49. The molecule has 0 radical (unpaired) electrons. The number of carbonyl (C=O) groups is 4. The van der Waals surface area contributed by atoms with Crippen LogP contribution < -0.4 is 0 Å². The molecular weight excluding hydrogens is 664 g/mol. The molecule has 0 saturated heterocycles. The molecule has 12 heteroatoms. The highest BCUT2D eigenvalue weighted by molar-refractivity contribution is 5.96. The van der Waals surface area contributed by atoms with E-state index in [9.17, 15) is 19.2 Å². The number of esters is 4. The number of aromatic amines is 2. The van der Waals surface area contributed by atoms with Crippen LogP contribution in [0.5, 0.6) is 0 Å². The van der Waals surface area contributed by atoms with Gasteiger partial charge in [-0.1, -0.05) is 0 Å². The molecule has 0 amide bonds. The number of hydrogen-bond acceptors (Lipinski definition) is 10. The number of nitrogens with one attached hydrogen (secondary N) is 2. The molecule has 5 heterocycles. The molecule has 274 valence electrons. The first-order valence-electron chi connectivity index (χ1n) is 17.3. The summed E-state index contributed by atoms with van der Waals surface area (Å²) in [6.45, 7) is 14.3. The second kappa shape index (κ2) is 15.4. The zero-order valence-corrected chi connectivity index (χ0v) is 31.5. The average Bonchev–Trinajstić information content (AvgIpc) is 3.74. The number of ether oxygens (including phenoxy) is 4. The van der Waals surface area contributed by atoms with Crippen molar-refractivity contribution in [2.24, 2.45) is 0 Å². The number of methoxy groups -OCH3 is 2. The van der Waals surface area contributed by atoms with Crippen LogP contribution >= 0.6 is 0 Å². The van der Waals surface area contributed by atoms with Crippen molar-refractivity contribution in [1.29, 1.82) is 0 Å². The van der Waals surface area contributed by atoms with Crippen molar-refractivity contribution in [3.05, 3.63) is 69.3 Å². The van der Waals surface area contributed by atoms with Gasteiger partial charge >= 0.3 is 23.9 Å². The summed E-state index contributed by atoms with van der Waals surface area (Å²) < 4.78 is 21.3. The van der Waals surface area contributed by atoms with E-state index < -0.39 is 24.1 Å². The lowest BCUT2D eigenvalue weighted by atomic mass is 9.98. The van der Waals surface area contributed by atoms with Crippen molar-refractivity contribution < 1.29 is 38.1 Å². The second-order valence-corrected chi connectivity index (χ2v) is 13.2. The Morgan fingerprint density at radius 1 is 0.596 bits per heavy atom. The highest BCUT2D eigenvalue weighted by Gasteiger charge is 2.25. The summed E-state index contributed by atoms with van der Waals surface area (Å²) in [6.07, 6.45) is -0.0777. The van der Waals surface area contributed by atoms with E-state index in [0.717, 1.165) is 61.1 Å². The van der Waals surface area contributed by atoms with Crippen LogP contribution in [-0.4, -0.2) is 58.0 Å². The molecule has 2 aliphatic rings. The normalized spacial score (nSPS) is 13.9. The van der Waals surface area contributed by atoms with Crippen molar-refractivity contribution in [2.45, 2.75) is 93.3 Å². The number of hydrogen-bond donors (Lipinski definition) is 2. The standard InChI is InChI=1S/C40H46N4O8/c1-19-27(11-13-37(47)49-9)33-18-34-28(12-14-38(48)50-10)20(2)30(42-34)16-35-40(24(6)52-26(8)46)22(4)32(44-35)17-36-39(23(5)51-25(7)45)21(3)31(43-36)15-29(19)41-33/h15-18,23-24,43-44H,11-14H2,1-10H3. The lowest BCUT2D eigenvalue weighted by Crippen LogP contribution is -2.05. The first-order valence-corrected chi connectivity index (χ1v) is 17.3. The molecule has 2 atom stereocenters. The third-order valence-electron chi connectivity index (χ3n) is 9.75. The van der Waals surface area contributed by atoms with Crippen molar-refractivity contribution >= 4 is 68.2 Å². The fourth-order valence-corrected chi connectivity index (χ4v) is 7.10. The van der Waals surface area contributed by atoms with Crippen LogP contribution in [0.25, 0.3) is 44.4 Å². The lowest BCUT2D eigenvalue weighted by Gasteiger charge is -2.12. The molecule has 52 heavy (non-hydrogen) atoms. The molecule has 2 N–H and O–H groups in total. The summed E-state index contributed by atoms with van der Waals surface area (Å²) in [5.41, 5.74) is 12.4. The van der Waals surface area contributed by atoms with Crippen LogP contribution in [0, 0.1) is 13.8 Å². The quantitative estimate of drug-likeness (QED) is 0.156. The third-order valence-corrected chi connectivity index (χ3v) is 9.75. The van der Waals surface area contributed by atoms with Crippen LogP contribution in [0.2, 0.25) is 0 Å². The van der Waals surface area contributed by atoms with Gasteiger partial charge in [0.1, 0.15) is 12.2 Å². The Morgan fingerprint density at radius 3 is 1.38 bits per heavy atom. The van der Waals surface area contributed by atoms with Crippen LogP contribution in [0.1, 0.15) is 124 Å². The number of H-pyrrole nitrogens is 2. The van der Waals surface area contributed by atoms with Crippen LogP contribution in [-0.2, 0) is 38.1 Å². The van der Waals surface area contributed by atoms with E-state index in [1.165, 1.54) is 28.1 Å². The summed E-state index contributed by atoms with van der Waals surface area (Å²) in [7, 11) is 2.73. The Hall–Kier alpha value is -5.52. The van der Waals surface area contributed by atoms with Gasteiger partial charge in [-0.3, -0.25) is 19.2 Å². The number of fused-ring (bicyclic) bond motifs is 8. The Kier molecular flexibility index (Phi) is 11.2. The first kappa shape index (κ1) is 37.7. The minimum atomic E-state index is -0.593. The molecule has 8 bridgehead atoms. The molecule has 5 rings (SSSR count). The topological polar surface area (TPSA) is 163 Å². The molecule has 3 aromatic rings. The van der Waals surface area contributed by atoms with Gasteiger partial charge < -0.3 is 28.9 Å². The zero-order valence-electron chi connectivity index (χ0n) is 31.5. The number of rotatable bonds is 10. The monoisotopic (exact) mass is 710 g/mol. The molecule has 2 aliphatic heterocycles. The third kappa shape index (κ3) is 7.70. The summed E-state index contributed by atoms with van der Waals surface area (Å²) >= 11 is 0. The van der Waals surface area contributed by atoms with Crippen molar-refractivity contribution in [1.82, 2.24) is 19.9 Å². The molecular formula is C40H46N4O8. The van der Waals surface area contributed by atoms with E-state index in [1.807, 2.05) is 65.8 Å². The van der Waals surface area contributed by atoms with E-state index in [1.54, 1.807) is 0 Å². The fraction of sp³-hybridized carbons (Fsp3) is 0.400. The van der Waals surface area contributed by atoms with Gasteiger partial charge in [0.2, 0.25) is 0 Å². The van der Waals surface area contributed by atoms with Gasteiger partial charge in [-0.2, -0.15) is 0 Å². The van der Waals surface area contributed by atoms with Gasteiger partial charge in [-0.15, -0.1) is 0 Å². The van der Waals surface area contributed by atoms with E-state index in [2.05, 4.69) is 9.97 Å². The Bertz CT molecular complexity index is 2200. The molecule has 0 fully saturated rings. The number of aryl methyl sites for hydroxylation is 2. The SMILES string of the molecule is COC(=O)CCC1=C(C)c2cc3[nH]c(cc4[nH]c(cc5nc(cc1n2)C(CCC(=O)OC)=C5C)c(C(C)OC(C)=O)c4C)c(C(C)OC(C)=O)c3C.